The lowest BCUT2D eigenvalue weighted by atomic mass is 10.1. The Hall–Kier alpha value is -3.26. The summed E-state index contributed by atoms with van der Waals surface area (Å²) in [6.45, 7) is 7.22. The number of likely N-dealkylation sites (tertiary alicyclic amines) is 1. The fraction of sp³-hybridized carbons (Fsp3) is 0.481. The standard InChI is InChI=1S/C27H36N6O2/c1-19-26(22-10-11-22)31-24(18-29-19)30-23-8-4-7-21(17-23)12-13-28-27(35)20(2)32(3)25(34)9-5-14-33-15-6-16-33/h4-5,7-9,17-18,20,22H,6,10-16H2,1-3H3,(H,28,35)(H,30,31)/b9-5+/t20-/m0/s1. The Balaban J connectivity index is 1.23. The number of carbonyl (C=O) groups is 2. The molecule has 0 unspecified atom stereocenters. The fourth-order valence-corrected chi connectivity index (χ4v) is 4.05. The molecule has 1 aliphatic carbocycles. The van der Waals surface area contributed by atoms with Crippen molar-refractivity contribution < 1.29 is 9.59 Å². The van der Waals surface area contributed by atoms with Gasteiger partial charge in [-0.2, -0.15) is 0 Å². The van der Waals surface area contributed by atoms with Crippen LogP contribution in [0.4, 0.5) is 11.5 Å². The molecule has 35 heavy (non-hydrogen) atoms. The van der Waals surface area contributed by atoms with Crippen LogP contribution in [0.1, 0.15) is 49.1 Å². The first-order chi connectivity index (χ1) is 16.9. The first-order valence-corrected chi connectivity index (χ1v) is 12.5. The van der Waals surface area contributed by atoms with Crippen molar-refractivity contribution in [3.05, 3.63) is 59.6 Å². The quantitative estimate of drug-likeness (QED) is 0.484. The van der Waals surface area contributed by atoms with Crippen LogP contribution in [0.2, 0.25) is 0 Å². The highest BCUT2D eigenvalue weighted by molar-refractivity contribution is 5.92. The van der Waals surface area contributed by atoms with E-state index >= 15 is 0 Å². The topological polar surface area (TPSA) is 90.5 Å². The largest absolute Gasteiger partial charge is 0.354 e. The number of aromatic nitrogens is 2. The van der Waals surface area contributed by atoms with Gasteiger partial charge in [0.2, 0.25) is 11.8 Å². The number of likely N-dealkylation sites (N-methyl/N-ethyl adjacent to an activating group) is 1. The Labute approximate surface area is 207 Å². The van der Waals surface area contributed by atoms with Crippen molar-refractivity contribution in [2.75, 3.05) is 38.5 Å². The third-order valence-corrected chi connectivity index (χ3v) is 6.75. The lowest BCUT2D eigenvalue weighted by Crippen LogP contribution is -2.46. The molecule has 1 atom stereocenters. The lowest BCUT2D eigenvalue weighted by molar-refractivity contribution is -0.135. The van der Waals surface area contributed by atoms with Crippen LogP contribution in [0.15, 0.2) is 42.6 Å². The molecular weight excluding hydrogens is 440 g/mol. The summed E-state index contributed by atoms with van der Waals surface area (Å²) in [7, 11) is 1.66. The molecule has 1 saturated carbocycles. The van der Waals surface area contributed by atoms with Crippen molar-refractivity contribution in [2.45, 2.75) is 51.5 Å². The average molecular weight is 477 g/mol. The van der Waals surface area contributed by atoms with Gasteiger partial charge in [0.1, 0.15) is 11.9 Å². The molecule has 2 fully saturated rings. The van der Waals surface area contributed by atoms with E-state index in [1.165, 1.54) is 24.2 Å². The van der Waals surface area contributed by atoms with Gasteiger partial charge in [-0.3, -0.25) is 19.5 Å². The lowest BCUT2D eigenvalue weighted by Gasteiger charge is -2.29. The second-order valence-electron chi connectivity index (χ2n) is 9.55. The van der Waals surface area contributed by atoms with Crippen LogP contribution in [0.3, 0.4) is 0 Å². The van der Waals surface area contributed by atoms with E-state index in [1.807, 2.05) is 31.2 Å². The van der Waals surface area contributed by atoms with Gasteiger partial charge in [0.25, 0.3) is 0 Å². The number of hydrogen-bond donors (Lipinski definition) is 2. The Morgan fingerprint density at radius 1 is 1.29 bits per heavy atom. The molecule has 4 rings (SSSR count). The van der Waals surface area contributed by atoms with Crippen LogP contribution in [0.25, 0.3) is 0 Å². The molecule has 1 aromatic carbocycles. The Morgan fingerprint density at radius 3 is 2.80 bits per heavy atom. The third kappa shape index (κ3) is 6.88. The van der Waals surface area contributed by atoms with Crippen molar-refractivity contribution in [1.29, 1.82) is 0 Å². The maximum Gasteiger partial charge on any atom is 0.246 e. The number of aryl methyl sites for hydroxylation is 1. The first-order valence-electron chi connectivity index (χ1n) is 12.5. The molecule has 2 aromatic rings. The third-order valence-electron chi connectivity index (χ3n) is 6.75. The smallest absolute Gasteiger partial charge is 0.246 e. The van der Waals surface area contributed by atoms with Gasteiger partial charge in [-0.15, -0.1) is 0 Å². The molecule has 1 aliphatic heterocycles. The number of rotatable bonds is 11. The zero-order chi connectivity index (χ0) is 24.8. The molecule has 1 aromatic heterocycles. The summed E-state index contributed by atoms with van der Waals surface area (Å²) in [6.07, 6.45) is 9.51. The molecule has 186 valence electrons. The van der Waals surface area contributed by atoms with Crippen LogP contribution in [-0.4, -0.2) is 70.9 Å². The number of carbonyl (C=O) groups excluding carboxylic acids is 2. The minimum Gasteiger partial charge on any atom is -0.354 e. The number of benzene rings is 1. The summed E-state index contributed by atoms with van der Waals surface area (Å²) in [5, 5.41) is 6.31. The number of nitrogens with zero attached hydrogens (tertiary/aromatic N) is 4. The zero-order valence-electron chi connectivity index (χ0n) is 21.0. The number of nitrogens with one attached hydrogen (secondary N) is 2. The monoisotopic (exact) mass is 476 g/mol. The van der Waals surface area contributed by atoms with Crippen LogP contribution >= 0.6 is 0 Å². The van der Waals surface area contributed by atoms with E-state index in [4.69, 9.17) is 4.98 Å². The molecule has 8 heteroatoms. The van der Waals surface area contributed by atoms with Crippen molar-refractivity contribution in [1.82, 2.24) is 25.1 Å². The molecule has 0 spiro atoms. The summed E-state index contributed by atoms with van der Waals surface area (Å²) in [4.78, 5) is 37.9. The molecule has 0 radical (unpaired) electrons. The molecule has 2 heterocycles. The minimum atomic E-state index is -0.537. The highest BCUT2D eigenvalue weighted by atomic mass is 16.2. The molecule has 2 N–H and O–H groups in total. The predicted molar refractivity (Wildman–Crippen MR) is 138 cm³/mol. The van der Waals surface area contributed by atoms with Crippen molar-refractivity contribution in [3.63, 3.8) is 0 Å². The van der Waals surface area contributed by atoms with Crippen molar-refractivity contribution in [2.24, 2.45) is 0 Å². The maximum absolute atomic E-state index is 12.6. The summed E-state index contributed by atoms with van der Waals surface area (Å²) < 4.78 is 0. The van der Waals surface area contributed by atoms with Gasteiger partial charge in [-0.05, 0) is 70.3 Å². The number of amides is 2. The second kappa shape index (κ2) is 11.4. The van der Waals surface area contributed by atoms with E-state index < -0.39 is 6.04 Å². The van der Waals surface area contributed by atoms with E-state index in [9.17, 15) is 9.59 Å². The Morgan fingerprint density at radius 2 is 2.09 bits per heavy atom. The van der Waals surface area contributed by atoms with E-state index in [0.717, 1.165) is 48.1 Å². The average Bonchev–Trinajstić information content (AvgIpc) is 3.66. The highest BCUT2D eigenvalue weighted by Gasteiger charge is 2.27. The van der Waals surface area contributed by atoms with Gasteiger partial charge in [-0.1, -0.05) is 18.2 Å². The molecule has 2 aliphatic rings. The summed E-state index contributed by atoms with van der Waals surface area (Å²) in [5.74, 6) is 0.991. The molecular formula is C27H36N6O2. The molecule has 2 amide bonds. The van der Waals surface area contributed by atoms with E-state index in [0.29, 0.717) is 18.9 Å². The van der Waals surface area contributed by atoms with Gasteiger partial charge in [-0.25, -0.2) is 4.98 Å². The normalized spacial score (nSPS) is 16.5. The van der Waals surface area contributed by atoms with Gasteiger partial charge in [0.15, 0.2) is 0 Å². The van der Waals surface area contributed by atoms with E-state index in [2.05, 4.69) is 26.6 Å². The second-order valence-corrected chi connectivity index (χ2v) is 9.55. The van der Waals surface area contributed by atoms with E-state index in [-0.39, 0.29) is 11.8 Å². The fourth-order valence-electron chi connectivity index (χ4n) is 4.05. The number of anilines is 2. The van der Waals surface area contributed by atoms with Gasteiger partial charge in [0, 0.05) is 37.8 Å². The van der Waals surface area contributed by atoms with Gasteiger partial charge >= 0.3 is 0 Å². The highest BCUT2D eigenvalue weighted by Crippen LogP contribution is 2.40. The maximum atomic E-state index is 12.6. The van der Waals surface area contributed by atoms with E-state index in [1.54, 1.807) is 26.2 Å². The minimum absolute atomic E-state index is 0.156. The van der Waals surface area contributed by atoms with Crippen molar-refractivity contribution in [3.8, 4) is 0 Å². The van der Waals surface area contributed by atoms with Gasteiger partial charge in [0.05, 0.1) is 17.6 Å². The van der Waals surface area contributed by atoms with Crippen LogP contribution < -0.4 is 10.6 Å². The summed E-state index contributed by atoms with van der Waals surface area (Å²) >= 11 is 0. The Kier molecular flexibility index (Phi) is 8.13. The summed E-state index contributed by atoms with van der Waals surface area (Å²) in [6, 6.07) is 7.55. The molecule has 8 nitrogen and oxygen atoms in total. The Bertz CT molecular complexity index is 1080. The predicted octanol–water partition coefficient (Wildman–Crippen LogP) is 3.17. The first kappa shape index (κ1) is 24.9. The van der Waals surface area contributed by atoms with Crippen LogP contribution in [-0.2, 0) is 16.0 Å². The van der Waals surface area contributed by atoms with Crippen LogP contribution in [0.5, 0.6) is 0 Å². The molecule has 0 bridgehead atoms. The summed E-state index contributed by atoms with van der Waals surface area (Å²) in [5.41, 5.74) is 4.14. The van der Waals surface area contributed by atoms with Crippen LogP contribution in [0, 0.1) is 6.92 Å². The number of hydrogen-bond acceptors (Lipinski definition) is 6. The zero-order valence-corrected chi connectivity index (χ0v) is 21.0. The van der Waals surface area contributed by atoms with Crippen molar-refractivity contribution >= 4 is 23.3 Å². The SMILES string of the molecule is Cc1ncc(Nc2cccc(CCNC(=O)[C@H](C)N(C)C(=O)/C=C/CN3CCC3)c2)nc1C1CC1. The van der Waals surface area contributed by atoms with Gasteiger partial charge < -0.3 is 15.5 Å². The molecule has 1 saturated heterocycles.